The molecule has 9 heteroatoms. The Labute approximate surface area is 273 Å². The number of nitrogens with zero attached hydrogens (tertiary/aromatic N) is 1. The van der Waals surface area contributed by atoms with Crippen LogP contribution >= 0.6 is 0 Å². The van der Waals surface area contributed by atoms with Crippen molar-refractivity contribution in [2.45, 2.75) is 129 Å². The van der Waals surface area contributed by atoms with Crippen LogP contribution in [0.4, 0.5) is 0 Å². The number of carboxylic acid groups (broad SMARTS) is 1. The average Bonchev–Trinajstić information content (AvgIpc) is 2.98. The lowest BCUT2D eigenvalue weighted by atomic mass is 10.1. The topological polar surface area (TPSA) is 108 Å². The molecule has 0 spiro atoms. The highest BCUT2D eigenvalue weighted by molar-refractivity contribution is 5.71. The number of hydrogen-bond acceptors (Lipinski definition) is 7. The summed E-state index contributed by atoms with van der Waals surface area (Å²) in [6, 6.07) is 0. The monoisotopic (exact) mass is 638 g/mol. The van der Waals surface area contributed by atoms with Gasteiger partial charge in [0.2, 0.25) is 0 Å². The van der Waals surface area contributed by atoms with Gasteiger partial charge in [0.1, 0.15) is 13.2 Å². The number of likely N-dealkylation sites (N-methyl/N-ethyl adjacent to an activating group) is 1. The quantitative estimate of drug-likeness (QED) is 0.0283. The Morgan fingerprint density at radius 3 is 1.89 bits per heavy atom. The Hall–Kier alpha value is -2.49. The molecule has 2 atom stereocenters. The van der Waals surface area contributed by atoms with Gasteiger partial charge in [0.05, 0.1) is 34.4 Å². The zero-order valence-electron chi connectivity index (χ0n) is 29.0. The SMILES string of the molecule is CC/C=C\C/C=C\C/C=C\CCCCCCCC(=O)OC(COC(=O)CCCCCCC)COC(OCC[N+](C)(C)C)C(=O)O. The van der Waals surface area contributed by atoms with Gasteiger partial charge in [-0.15, -0.1) is 0 Å². The predicted octanol–water partition coefficient (Wildman–Crippen LogP) is 7.54. The number of rotatable bonds is 30. The molecule has 2 unspecified atom stereocenters. The molecule has 9 nitrogen and oxygen atoms in total. The normalized spacial score (nSPS) is 13.5. The summed E-state index contributed by atoms with van der Waals surface area (Å²) in [5.41, 5.74) is 0. The lowest BCUT2D eigenvalue weighted by molar-refractivity contribution is -0.870. The van der Waals surface area contributed by atoms with Crippen molar-refractivity contribution < 1.29 is 42.9 Å². The summed E-state index contributed by atoms with van der Waals surface area (Å²) in [4.78, 5) is 36.5. The number of unbranched alkanes of at least 4 members (excludes halogenated alkanes) is 9. The minimum absolute atomic E-state index is 0.183. The van der Waals surface area contributed by atoms with Crippen LogP contribution in [-0.2, 0) is 33.3 Å². The third-order valence-corrected chi connectivity index (χ3v) is 6.91. The summed E-state index contributed by atoms with van der Waals surface area (Å²) in [5.74, 6) is -2.06. The molecule has 0 radical (unpaired) electrons. The maximum absolute atomic E-state index is 12.6. The van der Waals surface area contributed by atoms with Gasteiger partial charge in [-0.2, -0.15) is 0 Å². The molecule has 1 N–H and O–H groups in total. The van der Waals surface area contributed by atoms with Gasteiger partial charge in [-0.1, -0.05) is 95.2 Å². The number of allylic oxidation sites excluding steroid dienone is 6. The fourth-order valence-electron chi connectivity index (χ4n) is 4.20. The fourth-order valence-corrected chi connectivity index (χ4v) is 4.20. The molecule has 0 aromatic rings. The van der Waals surface area contributed by atoms with Crippen molar-refractivity contribution in [1.82, 2.24) is 0 Å². The smallest absolute Gasteiger partial charge is 0.361 e. The van der Waals surface area contributed by atoms with E-state index < -0.39 is 24.3 Å². The van der Waals surface area contributed by atoms with E-state index in [4.69, 9.17) is 18.9 Å². The standard InChI is InChI=1S/C36H63NO8/c1-6-8-10-12-13-14-15-16-17-18-19-20-21-23-25-27-34(39)45-32(30-43-33(38)26-24-22-11-9-7-2)31-44-36(35(40)41)42-29-28-37(3,4)5/h8,10,13-14,16-17,32,36H,6-7,9,11-12,15,18-31H2,1-5H3/p+1/b10-8-,14-13-,17-16-. The van der Waals surface area contributed by atoms with Crippen LogP contribution in [0.3, 0.4) is 0 Å². The van der Waals surface area contributed by atoms with Crippen LogP contribution in [0.5, 0.6) is 0 Å². The van der Waals surface area contributed by atoms with Crippen molar-refractivity contribution >= 4 is 17.9 Å². The molecule has 0 saturated heterocycles. The molecule has 0 rings (SSSR count). The maximum atomic E-state index is 12.6. The zero-order chi connectivity index (χ0) is 33.6. The number of carbonyl (C=O) groups is 3. The second-order valence-corrected chi connectivity index (χ2v) is 12.4. The van der Waals surface area contributed by atoms with Gasteiger partial charge in [0.25, 0.3) is 6.29 Å². The van der Waals surface area contributed by atoms with Crippen LogP contribution in [0, 0.1) is 0 Å². The van der Waals surface area contributed by atoms with Crippen LogP contribution in [0.2, 0.25) is 0 Å². The maximum Gasteiger partial charge on any atom is 0.361 e. The van der Waals surface area contributed by atoms with E-state index in [1.54, 1.807) is 0 Å². The molecule has 0 aliphatic heterocycles. The summed E-state index contributed by atoms with van der Waals surface area (Å²) >= 11 is 0. The first-order valence-electron chi connectivity index (χ1n) is 17.2. The van der Waals surface area contributed by atoms with Gasteiger partial charge in [-0.25, -0.2) is 4.79 Å². The van der Waals surface area contributed by atoms with Crippen LogP contribution in [0.25, 0.3) is 0 Å². The Bertz CT molecular complexity index is 846. The molecule has 45 heavy (non-hydrogen) atoms. The molecule has 0 aromatic carbocycles. The number of carbonyl (C=O) groups excluding carboxylic acids is 2. The largest absolute Gasteiger partial charge is 0.477 e. The molecule has 0 fully saturated rings. The predicted molar refractivity (Wildman–Crippen MR) is 180 cm³/mol. The highest BCUT2D eigenvalue weighted by Crippen LogP contribution is 2.11. The molecule has 0 amide bonds. The average molecular weight is 639 g/mol. The van der Waals surface area contributed by atoms with E-state index in [9.17, 15) is 19.5 Å². The van der Waals surface area contributed by atoms with Crippen LogP contribution in [-0.4, -0.2) is 87.4 Å². The lowest BCUT2D eigenvalue weighted by Gasteiger charge is -2.25. The molecule has 0 aromatic heterocycles. The third-order valence-electron chi connectivity index (χ3n) is 6.91. The minimum Gasteiger partial charge on any atom is -0.477 e. The van der Waals surface area contributed by atoms with E-state index in [-0.39, 0.29) is 32.2 Å². The summed E-state index contributed by atoms with van der Waals surface area (Å²) in [7, 11) is 5.92. The number of aliphatic carboxylic acids is 1. The number of quaternary nitrogens is 1. The number of hydrogen-bond donors (Lipinski definition) is 1. The second kappa shape index (κ2) is 28.9. The molecule has 0 bridgehead atoms. The van der Waals surface area contributed by atoms with Crippen molar-refractivity contribution in [2.75, 3.05) is 47.5 Å². The van der Waals surface area contributed by atoms with E-state index in [1.165, 1.54) is 0 Å². The van der Waals surface area contributed by atoms with E-state index in [1.807, 2.05) is 21.1 Å². The number of carboxylic acids is 1. The van der Waals surface area contributed by atoms with Gasteiger partial charge < -0.3 is 28.5 Å². The second-order valence-electron chi connectivity index (χ2n) is 12.4. The van der Waals surface area contributed by atoms with E-state index in [0.29, 0.717) is 23.9 Å². The zero-order valence-corrected chi connectivity index (χ0v) is 29.0. The van der Waals surface area contributed by atoms with Crippen molar-refractivity contribution in [3.63, 3.8) is 0 Å². The Morgan fingerprint density at radius 2 is 1.27 bits per heavy atom. The number of esters is 2. The van der Waals surface area contributed by atoms with Gasteiger partial charge in [-0.3, -0.25) is 9.59 Å². The van der Waals surface area contributed by atoms with Gasteiger partial charge >= 0.3 is 17.9 Å². The first kappa shape index (κ1) is 42.5. The summed E-state index contributed by atoms with van der Waals surface area (Å²) in [6.07, 6.45) is 25.3. The van der Waals surface area contributed by atoms with Crippen LogP contribution in [0.1, 0.15) is 117 Å². The van der Waals surface area contributed by atoms with E-state index in [0.717, 1.165) is 83.5 Å². The molecule has 0 saturated carbocycles. The van der Waals surface area contributed by atoms with Gasteiger partial charge in [0, 0.05) is 12.8 Å². The van der Waals surface area contributed by atoms with Crippen molar-refractivity contribution in [3.8, 4) is 0 Å². The Balaban J connectivity index is 4.54. The summed E-state index contributed by atoms with van der Waals surface area (Å²) < 4.78 is 22.4. The van der Waals surface area contributed by atoms with E-state index in [2.05, 4.69) is 50.3 Å². The third kappa shape index (κ3) is 30.0. The summed E-state index contributed by atoms with van der Waals surface area (Å²) in [6.45, 7) is 4.60. The van der Waals surface area contributed by atoms with Crippen molar-refractivity contribution in [1.29, 1.82) is 0 Å². The summed E-state index contributed by atoms with van der Waals surface area (Å²) in [5, 5.41) is 9.52. The highest BCUT2D eigenvalue weighted by Gasteiger charge is 2.25. The van der Waals surface area contributed by atoms with Crippen molar-refractivity contribution in [3.05, 3.63) is 36.5 Å². The fraction of sp³-hybridized carbons (Fsp3) is 0.750. The van der Waals surface area contributed by atoms with Gasteiger partial charge in [-0.05, 0) is 44.9 Å². The van der Waals surface area contributed by atoms with E-state index >= 15 is 0 Å². The molecular formula is C36H64NO8+. The highest BCUT2D eigenvalue weighted by atomic mass is 16.7. The minimum atomic E-state index is -1.51. The molecular weight excluding hydrogens is 574 g/mol. The molecule has 260 valence electrons. The van der Waals surface area contributed by atoms with Crippen molar-refractivity contribution in [2.24, 2.45) is 0 Å². The Kier molecular flexibility index (Phi) is 27.3. The molecule has 0 aliphatic rings. The molecule has 0 heterocycles. The Morgan fingerprint density at radius 1 is 0.689 bits per heavy atom. The lowest BCUT2D eigenvalue weighted by Crippen LogP contribution is -2.40. The first-order chi connectivity index (χ1) is 21.6. The van der Waals surface area contributed by atoms with Crippen LogP contribution in [0.15, 0.2) is 36.5 Å². The number of ether oxygens (including phenoxy) is 4. The van der Waals surface area contributed by atoms with Crippen LogP contribution < -0.4 is 0 Å². The molecule has 0 aliphatic carbocycles. The first-order valence-corrected chi connectivity index (χ1v) is 17.2. The van der Waals surface area contributed by atoms with Gasteiger partial charge in [0.15, 0.2) is 6.10 Å².